The lowest BCUT2D eigenvalue weighted by Gasteiger charge is -2.20. The summed E-state index contributed by atoms with van der Waals surface area (Å²) in [5, 5.41) is 0. The molecular formula is C18H23NO3S. The monoisotopic (exact) mass is 333 g/mol. The quantitative estimate of drug-likeness (QED) is 0.842. The molecule has 23 heavy (non-hydrogen) atoms. The predicted octanol–water partition coefficient (Wildman–Crippen LogP) is 3.44. The molecule has 2 rings (SSSR count). The Balaban J connectivity index is 2.37. The number of aryl methyl sites for hydroxylation is 3. The van der Waals surface area contributed by atoms with E-state index in [0.717, 1.165) is 22.3 Å². The van der Waals surface area contributed by atoms with E-state index in [1.165, 1.54) is 11.4 Å². The molecule has 2 aromatic carbocycles. The van der Waals surface area contributed by atoms with E-state index in [-0.39, 0.29) is 4.90 Å². The minimum atomic E-state index is -3.62. The molecule has 0 radical (unpaired) electrons. The van der Waals surface area contributed by atoms with E-state index < -0.39 is 10.0 Å². The largest absolute Gasteiger partial charge is 0.495 e. The van der Waals surface area contributed by atoms with Gasteiger partial charge < -0.3 is 4.74 Å². The molecule has 0 N–H and O–H groups in total. The zero-order valence-corrected chi connectivity index (χ0v) is 15.1. The van der Waals surface area contributed by atoms with E-state index in [1.807, 2.05) is 39.0 Å². The third-order valence-corrected chi connectivity index (χ3v) is 5.72. The summed E-state index contributed by atoms with van der Waals surface area (Å²) in [5.41, 5.74) is 4.12. The van der Waals surface area contributed by atoms with Gasteiger partial charge in [0.05, 0.1) is 7.11 Å². The van der Waals surface area contributed by atoms with Crippen LogP contribution in [0.25, 0.3) is 0 Å². The van der Waals surface area contributed by atoms with Gasteiger partial charge in [-0.25, -0.2) is 8.42 Å². The molecule has 0 saturated heterocycles. The highest BCUT2D eigenvalue weighted by Gasteiger charge is 2.25. The lowest BCUT2D eigenvalue weighted by molar-refractivity contribution is 0.397. The van der Waals surface area contributed by atoms with Crippen molar-refractivity contribution >= 4 is 10.0 Å². The van der Waals surface area contributed by atoms with Crippen LogP contribution >= 0.6 is 0 Å². The Morgan fingerprint density at radius 1 is 1.00 bits per heavy atom. The number of hydrogen-bond acceptors (Lipinski definition) is 3. The molecule has 0 spiro atoms. The summed E-state index contributed by atoms with van der Waals surface area (Å²) >= 11 is 0. The van der Waals surface area contributed by atoms with Gasteiger partial charge in [-0.3, -0.25) is 0 Å². The Morgan fingerprint density at radius 3 is 2.22 bits per heavy atom. The Morgan fingerprint density at radius 2 is 1.61 bits per heavy atom. The van der Waals surface area contributed by atoms with Gasteiger partial charge in [0.25, 0.3) is 0 Å². The fraction of sp³-hybridized carbons (Fsp3) is 0.333. The van der Waals surface area contributed by atoms with Gasteiger partial charge in [-0.05, 0) is 49.6 Å². The lowest BCUT2D eigenvalue weighted by atomic mass is 10.1. The number of nitrogens with zero attached hydrogens (tertiary/aromatic N) is 1. The highest BCUT2D eigenvalue weighted by Crippen LogP contribution is 2.28. The van der Waals surface area contributed by atoms with Gasteiger partial charge in [0.15, 0.2) is 0 Å². The summed E-state index contributed by atoms with van der Waals surface area (Å²) in [6.07, 6.45) is 0. The number of methoxy groups -OCH3 is 1. The van der Waals surface area contributed by atoms with Gasteiger partial charge in [-0.15, -0.1) is 0 Å². The highest BCUT2D eigenvalue weighted by molar-refractivity contribution is 7.89. The first-order valence-electron chi connectivity index (χ1n) is 7.43. The Labute approximate surface area is 138 Å². The minimum Gasteiger partial charge on any atom is -0.495 e. The van der Waals surface area contributed by atoms with E-state index in [0.29, 0.717) is 12.3 Å². The second-order valence-electron chi connectivity index (χ2n) is 5.85. The van der Waals surface area contributed by atoms with Gasteiger partial charge in [-0.1, -0.05) is 29.8 Å². The van der Waals surface area contributed by atoms with Gasteiger partial charge in [0.1, 0.15) is 10.6 Å². The SMILES string of the molecule is COc1ccc(C)cc1S(=O)(=O)N(C)Cc1ccc(C)cc1C. The number of benzene rings is 2. The van der Waals surface area contributed by atoms with Crippen LogP contribution in [0.2, 0.25) is 0 Å². The average Bonchev–Trinajstić information content (AvgIpc) is 2.49. The summed E-state index contributed by atoms with van der Waals surface area (Å²) in [7, 11) is -0.547. The van der Waals surface area contributed by atoms with Gasteiger partial charge in [-0.2, -0.15) is 4.31 Å². The molecule has 0 aliphatic rings. The number of hydrogen-bond donors (Lipinski definition) is 0. The molecule has 4 nitrogen and oxygen atoms in total. The summed E-state index contributed by atoms with van der Waals surface area (Å²) < 4.78 is 32.4. The maximum absolute atomic E-state index is 12.9. The predicted molar refractivity (Wildman–Crippen MR) is 92.3 cm³/mol. The molecule has 0 saturated carbocycles. The van der Waals surface area contributed by atoms with Crippen molar-refractivity contribution in [2.45, 2.75) is 32.2 Å². The van der Waals surface area contributed by atoms with Crippen LogP contribution in [0.4, 0.5) is 0 Å². The van der Waals surface area contributed by atoms with Crippen LogP contribution in [0, 0.1) is 20.8 Å². The Hall–Kier alpha value is -1.85. The van der Waals surface area contributed by atoms with Crippen molar-refractivity contribution in [3.8, 4) is 5.75 Å². The second-order valence-corrected chi connectivity index (χ2v) is 7.86. The first kappa shape index (κ1) is 17.5. The molecule has 0 atom stereocenters. The van der Waals surface area contributed by atoms with Crippen molar-refractivity contribution in [3.05, 3.63) is 58.7 Å². The van der Waals surface area contributed by atoms with Crippen LogP contribution in [0.5, 0.6) is 5.75 Å². The van der Waals surface area contributed by atoms with Crippen LogP contribution in [0.15, 0.2) is 41.3 Å². The van der Waals surface area contributed by atoms with Gasteiger partial charge in [0.2, 0.25) is 10.0 Å². The molecule has 0 aliphatic carbocycles. The van der Waals surface area contributed by atoms with E-state index in [4.69, 9.17) is 4.74 Å². The lowest BCUT2D eigenvalue weighted by Crippen LogP contribution is -2.27. The third-order valence-electron chi connectivity index (χ3n) is 3.90. The molecule has 0 fully saturated rings. The first-order chi connectivity index (χ1) is 10.8. The Bertz CT molecular complexity index is 813. The molecule has 0 aromatic heterocycles. The fourth-order valence-electron chi connectivity index (χ4n) is 2.50. The zero-order valence-electron chi connectivity index (χ0n) is 14.3. The van der Waals surface area contributed by atoms with Crippen molar-refractivity contribution in [2.75, 3.05) is 14.2 Å². The number of rotatable bonds is 5. The molecule has 0 unspecified atom stereocenters. The van der Waals surface area contributed by atoms with Crippen LogP contribution < -0.4 is 4.74 Å². The minimum absolute atomic E-state index is 0.201. The normalized spacial score (nSPS) is 11.7. The molecule has 0 amide bonds. The third kappa shape index (κ3) is 3.74. The van der Waals surface area contributed by atoms with Crippen molar-refractivity contribution in [2.24, 2.45) is 0 Å². The van der Waals surface area contributed by atoms with Crippen molar-refractivity contribution in [1.29, 1.82) is 0 Å². The van der Waals surface area contributed by atoms with E-state index in [2.05, 4.69) is 6.07 Å². The van der Waals surface area contributed by atoms with Crippen LogP contribution in [-0.4, -0.2) is 26.9 Å². The number of sulfonamides is 1. The van der Waals surface area contributed by atoms with Crippen LogP contribution in [0.3, 0.4) is 0 Å². The van der Waals surface area contributed by atoms with E-state index in [1.54, 1.807) is 19.2 Å². The molecule has 5 heteroatoms. The molecule has 0 heterocycles. The van der Waals surface area contributed by atoms with Crippen LogP contribution in [0.1, 0.15) is 22.3 Å². The zero-order chi connectivity index (χ0) is 17.2. The Kier molecular flexibility index (Phi) is 5.12. The van der Waals surface area contributed by atoms with Crippen molar-refractivity contribution < 1.29 is 13.2 Å². The average molecular weight is 333 g/mol. The van der Waals surface area contributed by atoms with Crippen molar-refractivity contribution in [3.63, 3.8) is 0 Å². The summed E-state index contributed by atoms with van der Waals surface area (Å²) in [5.74, 6) is 0.364. The highest BCUT2D eigenvalue weighted by atomic mass is 32.2. The molecule has 0 aliphatic heterocycles. The summed E-state index contributed by atoms with van der Waals surface area (Å²) in [6, 6.07) is 11.2. The van der Waals surface area contributed by atoms with Crippen LogP contribution in [-0.2, 0) is 16.6 Å². The summed E-state index contributed by atoms with van der Waals surface area (Å²) in [6.45, 7) is 6.21. The number of ether oxygens (including phenoxy) is 1. The maximum atomic E-state index is 12.9. The van der Waals surface area contributed by atoms with E-state index in [9.17, 15) is 8.42 Å². The molecule has 2 aromatic rings. The standard InChI is InChI=1S/C18H23NO3S/c1-13-6-8-16(15(3)10-13)12-19(4)23(20,21)18-11-14(2)7-9-17(18)22-5/h6-11H,12H2,1-5H3. The fourth-order valence-corrected chi connectivity index (χ4v) is 3.89. The molecular weight excluding hydrogens is 310 g/mol. The summed E-state index contributed by atoms with van der Waals surface area (Å²) in [4.78, 5) is 0.201. The molecule has 124 valence electrons. The van der Waals surface area contributed by atoms with E-state index >= 15 is 0 Å². The molecule has 0 bridgehead atoms. The van der Waals surface area contributed by atoms with Crippen molar-refractivity contribution in [1.82, 2.24) is 4.31 Å². The van der Waals surface area contributed by atoms with Gasteiger partial charge in [0, 0.05) is 13.6 Å². The smallest absolute Gasteiger partial charge is 0.246 e. The topological polar surface area (TPSA) is 46.6 Å². The maximum Gasteiger partial charge on any atom is 0.246 e. The van der Waals surface area contributed by atoms with Gasteiger partial charge >= 0.3 is 0 Å². The first-order valence-corrected chi connectivity index (χ1v) is 8.87. The second kappa shape index (κ2) is 6.72.